The van der Waals surface area contributed by atoms with Crippen LogP contribution in [-0.4, -0.2) is 5.11 Å². The highest BCUT2D eigenvalue weighted by molar-refractivity contribution is 5.62. The highest BCUT2D eigenvalue weighted by atomic mass is 16.3. The first-order valence-electron chi connectivity index (χ1n) is 6.31. The van der Waals surface area contributed by atoms with Crippen LogP contribution in [-0.2, 0) is 6.42 Å². The Kier molecular flexibility index (Phi) is 4.15. The summed E-state index contributed by atoms with van der Waals surface area (Å²) in [5.74, 6) is 0.133. The Morgan fingerprint density at radius 3 is 2.60 bits per heavy atom. The maximum Gasteiger partial charge on any atom is 0.146 e. The maximum absolute atomic E-state index is 10.2. The number of nitrogen functional groups attached to an aromatic ring is 1. The molecule has 0 aliphatic heterocycles. The molecule has 2 rings (SSSR count). The standard InChI is InChI=1S/C16H17N3O/c1-3-6-12-9-11(2)10-15(16(12)20)19-18-14-8-5-4-7-13(14)17/h3-5,7-10,20H,1,6,17H2,2H3. The average molecular weight is 267 g/mol. The second-order valence-electron chi connectivity index (χ2n) is 4.54. The number of hydrogen-bond donors (Lipinski definition) is 2. The van der Waals surface area contributed by atoms with Crippen LogP contribution in [0.3, 0.4) is 0 Å². The largest absolute Gasteiger partial charge is 0.505 e. The number of aromatic hydroxyl groups is 1. The molecule has 2 aromatic rings. The fourth-order valence-electron chi connectivity index (χ4n) is 1.91. The molecular formula is C16H17N3O. The molecule has 0 saturated heterocycles. The van der Waals surface area contributed by atoms with Gasteiger partial charge in [-0.2, -0.15) is 0 Å². The molecule has 3 N–H and O–H groups in total. The minimum atomic E-state index is 0.133. The van der Waals surface area contributed by atoms with Crippen LogP contribution < -0.4 is 5.73 Å². The van der Waals surface area contributed by atoms with Gasteiger partial charge < -0.3 is 10.8 Å². The fraction of sp³-hybridized carbons (Fsp3) is 0.125. The van der Waals surface area contributed by atoms with Crippen LogP contribution in [0, 0.1) is 6.92 Å². The smallest absolute Gasteiger partial charge is 0.146 e. The van der Waals surface area contributed by atoms with Gasteiger partial charge in [0.1, 0.15) is 17.1 Å². The van der Waals surface area contributed by atoms with E-state index in [1.54, 1.807) is 24.3 Å². The molecule has 0 heterocycles. The molecule has 0 fully saturated rings. The van der Waals surface area contributed by atoms with Crippen molar-refractivity contribution in [2.75, 3.05) is 5.73 Å². The second kappa shape index (κ2) is 6.02. The minimum Gasteiger partial charge on any atom is -0.505 e. The number of phenols is 1. The molecule has 20 heavy (non-hydrogen) atoms. The van der Waals surface area contributed by atoms with Crippen molar-refractivity contribution in [1.29, 1.82) is 0 Å². The molecule has 0 aromatic heterocycles. The normalized spacial score (nSPS) is 10.8. The van der Waals surface area contributed by atoms with Gasteiger partial charge in [0, 0.05) is 5.56 Å². The van der Waals surface area contributed by atoms with E-state index in [1.165, 1.54) is 0 Å². The van der Waals surface area contributed by atoms with Crippen molar-refractivity contribution >= 4 is 17.1 Å². The van der Waals surface area contributed by atoms with Gasteiger partial charge in [0.15, 0.2) is 0 Å². The van der Waals surface area contributed by atoms with Crippen LogP contribution in [0.2, 0.25) is 0 Å². The number of rotatable bonds is 4. The number of para-hydroxylation sites is 1. The van der Waals surface area contributed by atoms with Crippen molar-refractivity contribution in [2.45, 2.75) is 13.3 Å². The van der Waals surface area contributed by atoms with Gasteiger partial charge in [-0.05, 0) is 37.1 Å². The Morgan fingerprint density at radius 1 is 1.20 bits per heavy atom. The predicted molar refractivity (Wildman–Crippen MR) is 81.8 cm³/mol. The lowest BCUT2D eigenvalue weighted by Gasteiger charge is -2.06. The van der Waals surface area contributed by atoms with Crippen molar-refractivity contribution in [3.05, 3.63) is 60.2 Å². The number of aryl methyl sites for hydroxylation is 1. The molecule has 0 aliphatic rings. The highest BCUT2D eigenvalue weighted by Gasteiger charge is 2.07. The predicted octanol–water partition coefficient (Wildman–Crippen LogP) is 4.43. The fourth-order valence-corrected chi connectivity index (χ4v) is 1.91. The van der Waals surface area contributed by atoms with Gasteiger partial charge >= 0.3 is 0 Å². The third kappa shape index (κ3) is 3.03. The lowest BCUT2D eigenvalue weighted by atomic mass is 10.1. The van der Waals surface area contributed by atoms with Gasteiger partial charge in [0.2, 0.25) is 0 Å². The summed E-state index contributed by atoms with van der Waals surface area (Å²) < 4.78 is 0. The van der Waals surface area contributed by atoms with Crippen LogP contribution in [0.1, 0.15) is 11.1 Å². The van der Waals surface area contributed by atoms with E-state index >= 15 is 0 Å². The van der Waals surface area contributed by atoms with E-state index in [2.05, 4.69) is 16.8 Å². The van der Waals surface area contributed by atoms with Crippen LogP contribution in [0.15, 0.2) is 59.3 Å². The number of allylic oxidation sites excluding steroid dienone is 1. The lowest BCUT2D eigenvalue weighted by Crippen LogP contribution is -1.85. The summed E-state index contributed by atoms with van der Waals surface area (Å²) in [6.07, 6.45) is 2.33. The highest BCUT2D eigenvalue weighted by Crippen LogP contribution is 2.34. The number of benzene rings is 2. The van der Waals surface area contributed by atoms with Crippen molar-refractivity contribution in [2.24, 2.45) is 10.2 Å². The first kappa shape index (κ1) is 13.8. The SMILES string of the molecule is C=CCc1cc(C)cc(N=Nc2ccccc2N)c1O. The molecule has 0 aliphatic carbocycles. The van der Waals surface area contributed by atoms with Gasteiger partial charge in [-0.15, -0.1) is 16.8 Å². The molecule has 0 spiro atoms. The van der Waals surface area contributed by atoms with Gasteiger partial charge in [0.25, 0.3) is 0 Å². The zero-order valence-corrected chi connectivity index (χ0v) is 11.4. The Labute approximate surface area is 118 Å². The molecule has 4 nitrogen and oxygen atoms in total. The summed E-state index contributed by atoms with van der Waals surface area (Å²) in [4.78, 5) is 0. The molecule has 0 amide bonds. The van der Waals surface area contributed by atoms with Crippen molar-refractivity contribution in [1.82, 2.24) is 0 Å². The van der Waals surface area contributed by atoms with E-state index in [-0.39, 0.29) is 5.75 Å². The van der Waals surface area contributed by atoms with Crippen LogP contribution >= 0.6 is 0 Å². The van der Waals surface area contributed by atoms with Crippen LogP contribution in [0.25, 0.3) is 0 Å². The molecule has 0 unspecified atom stereocenters. The second-order valence-corrected chi connectivity index (χ2v) is 4.54. The molecule has 2 aromatic carbocycles. The summed E-state index contributed by atoms with van der Waals surface area (Å²) in [5, 5.41) is 18.4. The minimum absolute atomic E-state index is 0.133. The van der Waals surface area contributed by atoms with Crippen molar-refractivity contribution in [3.63, 3.8) is 0 Å². The molecule has 0 saturated carbocycles. The van der Waals surface area contributed by atoms with Crippen LogP contribution in [0.5, 0.6) is 5.75 Å². The first-order valence-corrected chi connectivity index (χ1v) is 6.31. The zero-order chi connectivity index (χ0) is 14.5. The summed E-state index contributed by atoms with van der Waals surface area (Å²) in [7, 11) is 0. The van der Waals surface area contributed by atoms with Crippen molar-refractivity contribution < 1.29 is 5.11 Å². The Hall–Kier alpha value is -2.62. The Morgan fingerprint density at radius 2 is 1.90 bits per heavy atom. The lowest BCUT2D eigenvalue weighted by molar-refractivity contribution is 0.470. The average Bonchev–Trinajstić information content (AvgIpc) is 2.42. The van der Waals surface area contributed by atoms with Crippen LogP contribution in [0.4, 0.5) is 17.1 Å². The maximum atomic E-state index is 10.2. The number of anilines is 1. The third-order valence-electron chi connectivity index (χ3n) is 2.88. The zero-order valence-electron chi connectivity index (χ0n) is 11.4. The molecule has 0 atom stereocenters. The Bertz CT molecular complexity index is 663. The summed E-state index contributed by atoms with van der Waals surface area (Å²) in [5.41, 5.74) is 9.16. The van der Waals surface area contributed by atoms with Gasteiger partial charge in [0.05, 0.1) is 5.69 Å². The number of nitrogens with zero attached hydrogens (tertiary/aromatic N) is 2. The quantitative estimate of drug-likeness (QED) is 0.488. The number of nitrogens with two attached hydrogens (primary N) is 1. The summed E-state index contributed by atoms with van der Waals surface area (Å²) >= 11 is 0. The van der Waals surface area contributed by atoms with Gasteiger partial charge in [-0.25, -0.2) is 0 Å². The summed E-state index contributed by atoms with van der Waals surface area (Å²) in [6.45, 7) is 5.63. The van der Waals surface area contributed by atoms with Gasteiger partial charge in [-0.1, -0.05) is 24.3 Å². The Balaban J connectivity index is 2.38. The molecule has 0 bridgehead atoms. The van der Waals surface area contributed by atoms with E-state index in [0.29, 0.717) is 23.5 Å². The van der Waals surface area contributed by atoms with E-state index in [4.69, 9.17) is 5.73 Å². The molecular weight excluding hydrogens is 250 g/mol. The van der Waals surface area contributed by atoms with Gasteiger partial charge in [-0.3, -0.25) is 0 Å². The number of azo groups is 1. The molecule has 0 radical (unpaired) electrons. The topological polar surface area (TPSA) is 71.0 Å². The summed E-state index contributed by atoms with van der Waals surface area (Å²) in [6, 6.07) is 10.9. The number of phenolic OH excluding ortho intramolecular Hbond substituents is 1. The van der Waals surface area contributed by atoms with E-state index < -0.39 is 0 Å². The third-order valence-corrected chi connectivity index (χ3v) is 2.88. The van der Waals surface area contributed by atoms with E-state index in [9.17, 15) is 5.11 Å². The number of hydrogen-bond acceptors (Lipinski definition) is 4. The van der Waals surface area contributed by atoms with E-state index in [1.807, 2.05) is 25.1 Å². The first-order chi connectivity index (χ1) is 9.61. The molecule has 102 valence electrons. The van der Waals surface area contributed by atoms with E-state index in [0.717, 1.165) is 11.1 Å². The van der Waals surface area contributed by atoms with Crippen molar-refractivity contribution in [3.8, 4) is 5.75 Å². The monoisotopic (exact) mass is 267 g/mol. The molecule has 4 heteroatoms.